The third kappa shape index (κ3) is 6.80. The van der Waals surface area contributed by atoms with E-state index in [1.54, 1.807) is 20.1 Å². The average Bonchev–Trinajstić information content (AvgIpc) is 2.79. The molecule has 6 nitrogen and oxygen atoms in total. The summed E-state index contributed by atoms with van der Waals surface area (Å²) >= 11 is 0. The van der Waals surface area contributed by atoms with Gasteiger partial charge in [0, 0.05) is 44.9 Å². The van der Waals surface area contributed by atoms with Gasteiger partial charge in [0.2, 0.25) is 5.95 Å². The number of aromatic nitrogens is 2. The number of nitrogens with zero attached hydrogens (tertiary/aromatic N) is 4. The zero-order chi connectivity index (χ0) is 23.7. The highest BCUT2D eigenvalue weighted by Crippen LogP contribution is 2.36. The highest BCUT2D eigenvalue weighted by Gasteiger charge is 2.35. The quantitative estimate of drug-likeness (QED) is 0.480. The van der Waals surface area contributed by atoms with Crippen molar-refractivity contribution in [2.24, 2.45) is 0 Å². The van der Waals surface area contributed by atoms with Crippen LogP contribution in [0.5, 0.6) is 0 Å². The molecule has 1 saturated heterocycles. The molecule has 9 heteroatoms. The lowest BCUT2D eigenvalue weighted by atomic mass is 10.0. The molecule has 0 spiro atoms. The molecule has 0 atom stereocenters. The Morgan fingerprint density at radius 3 is 2.50 bits per heavy atom. The first-order chi connectivity index (χ1) is 15.2. The van der Waals surface area contributed by atoms with Gasteiger partial charge < -0.3 is 19.3 Å². The van der Waals surface area contributed by atoms with Crippen molar-refractivity contribution in [2.75, 3.05) is 62.9 Å². The lowest BCUT2D eigenvalue weighted by Gasteiger charge is -2.30. The van der Waals surface area contributed by atoms with E-state index in [1.807, 2.05) is 23.6 Å². The maximum absolute atomic E-state index is 14.0. The largest absolute Gasteiger partial charge is 0.417 e. The molecule has 0 saturated carbocycles. The second-order valence-corrected chi connectivity index (χ2v) is 7.46. The summed E-state index contributed by atoms with van der Waals surface area (Å²) in [7, 11) is 1.60. The molecule has 1 aliphatic rings. The highest BCUT2D eigenvalue weighted by molar-refractivity contribution is 5.79. The molecule has 0 amide bonds. The summed E-state index contributed by atoms with van der Waals surface area (Å²) < 4.78 is 52.7. The van der Waals surface area contributed by atoms with E-state index < -0.39 is 11.7 Å². The van der Waals surface area contributed by atoms with E-state index in [-0.39, 0.29) is 11.3 Å². The summed E-state index contributed by atoms with van der Waals surface area (Å²) in [6.07, 6.45) is -1.64. The number of likely N-dealkylation sites (N-methyl/N-ethyl adjacent to an activating group) is 1. The normalized spacial score (nSPS) is 16.1. The molecule has 0 aliphatic carbocycles. The molecule has 2 rings (SSSR count). The summed E-state index contributed by atoms with van der Waals surface area (Å²) in [5.74, 6) is 0.932. The molecule has 1 aromatic rings. The van der Waals surface area contributed by atoms with Crippen molar-refractivity contribution < 1.29 is 22.6 Å². The molecule has 32 heavy (non-hydrogen) atoms. The number of halogens is 3. The van der Waals surface area contributed by atoms with Crippen LogP contribution in [0.3, 0.4) is 0 Å². The number of hydrogen-bond acceptors (Lipinski definition) is 6. The van der Waals surface area contributed by atoms with E-state index in [0.717, 1.165) is 0 Å². The molecule has 1 fully saturated rings. The number of hydrogen-bond donors (Lipinski definition) is 0. The Bertz CT molecular complexity index is 831. The van der Waals surface area contributed by atoms with Gasteiger partial charge in [-0.05, 0) is 20.3 Å². The minimum atomic E-state index is -4.55. The predicted molar refractivity (Wildman–Crippen MR) is 122 cm³/mol. The molecular formula is C23H33F3N4O2. The molecular weight excluding hydrogens is 421 g/mol. The van der Waals surface area contributed by atoms with Gasteiger partial charge in [0.15, 0.2) is 0 Å². The summed E-state index contributed by atoms with van der Waals surface area (Å²) in [4.78, 5) is 13.1. The second kappa shape index (κ2) is 12.0. The van der Waals surface area contributed by atoms with E-state index in [0.29, 0.717) is 69.8 Å². The first-order valence-electron chi connectivity index (χ1n) is 10.8. The molecule has 178 valence electrons. The Kier molecular flexibility index (Phi) is 9.71. The van der Waals surface area contributed by atoms with Gasteiger partial charge in [0.05, 0.1) is 31.1 Å². The van der Waals surface area contributed by atoms with Crippen LogP contribution in [0, 0.1) is 0 Å². The number of rotatable bonds is 10. The van der Waals surface area contributed by atoms with Crippen LogP contribution in [0.4, 0.5) is 24.9 Å². The lowest BCUT2D eigenvalue weighted by Crippen LogP contribution is -2.37. The number of anilines is 2. The zero-order valence-corrected chi connectivity index (χ0v) is 19.3. The fourth-order valence-corrected chi connectivity index (χ4v) is 3.27. The van der Waals surface area contributed by atoms with E-state index in [2.05, 4.69) is 16.5 Å². The van der Waals surface area contributed by atoms with Crippen LogP contribution in [0.2, 0.25) is 0 Å². The maximum atomic E-state index is 14.0. The average molecular weight is 455 g/mol. The third-order valence-electron chi connectivity index (χ3n) is 5.29. The number of ether oxygens (including phenoxy) is 2. The first kappa shape index (κ1) is 25.9. The molecule has 2 heterocycles. The van der Waals surface area contributed by atoms with Crippen molar-refractivity contribution in [1.29, 1.82) is 0 Å². The van der Waals surface area contributed by atoms with Crippen molar-refractivity contribution in [3.8, 4) is 0 Å². The van der Waals surface area contributed by atoms with Crippen LogP contribution < -0.4 is 9.80 Å². The SMILES string of the molecule is C=C/C(=C(\C=C(/C)CC)C(F)(F)F)c1cc(N2CCOCC2)nc(N(CC)CCOC)n1. The van der Waals surface area contributed by atoms with E-state index in [9.17, 15) is 13.2 Å². The molecule has 0 unspecified atom stereocenters. The van der Waals surface area contributed by atoms with Gasteiger partial charge in [0.25, 0.3) is 0 Å². The standard InChI is InChI=1S/C23H33F3N4O2/c1-6-17(4)15-19(23(24,25)26)18(7-2)20-16-21(30-10-13-32-14-11-30)28-22(27-20)29(8-3)9-12-31-5/h7,15-16H,2,6,8-14H2,1,3-5H3/b17-15+,19-18-. The number of morpholine rings is 1. The van der Waals surface area contributed by atoms with Crippen LogP contribution in [0.1, 0.15) is 32.9 Å². The number of allylic oxidation sites excluding steroid dienone is 5. The van der Waals surface area contributed by atoms with Gasteiger partial charge in [-0.15, -0.1) is 0 Å². The van der Waals surface area contributed by atoms with E-state index in [1.165, 1.54) is 12.2 Å². The van der Waals surface area contributed by atoms with Gasteiger partial charge in [-0.2, -0.15) is 18.2 Å². The minimum Gasteiger partial charge on any atom is -0.383 e. The van der Waals surface area contributed by atoms with Crippen LogP contribution in [-0.2, 0) is 9.47 Å². The summed E-state index contributed by atoms with van der Waals surface area (Å²) in [5.41, 5.74) is -0.0138. The van der Waals surface area contributed by atoms with Crippen LogP contribution >= 0.6 is 0 Å². The Labute approximate surface area is 188 Å². The van der Waals surface area contributed by atoms with Gasteiger partial charge in [-0.1, -0.05) is 31.2 Å². The molecule has 0 N–H and O–H groups in total. The van der Waals surface area contributed by atoms with Gasteiger partial charge in [-0.25, -0.2) is 4.98 Å². The zero-order valence-electron chi connectivity index (χ0n) is 19.3. The number of methoxy groups -OCH3 is 1. The molecule has 0 bridgehead atoms. The molecule has 1 aromatic heterocycles. The first-order valence-corrected chi connectivity index (χ1v) is 10.8. The monoisotopic (exact) mass is 454 g/mol. The summed E-state index contributed by atoms with van der Waals surface area (Å²) in [5, 5.41) is 0. The third-order valence-corrected chi connectivity index (χ3v) is 5.29. The van der Waals surface area contributed by atoms with Crippen molar-refractivity contribution in [3.63, 3.8) is 0 Å². The Hall–Kier alpha value is -2.39. The maximum Gasteiger partial charge on any atom is 0.417 e. The van der Waals surface area contributed by atoms with Crippen molar-refractivity contribution in [2.45, 2.75) is 33.4 Å². The van der Waals surface area contributed by atoms with Crippen molar-refractivity contribution in [3.05, 3.63) is 41.6 Å². The summed E-state index contributed by atoms with van der Waals surface area (Å²) in [6.45, 7) is 13.0. The van der Waals surface area contributed by atoms with Gasteiger partial charge >= 0.3 is 6.18 Å². The second-order valence-electron chi connectivity index (χ2n) is 7.46. The summed E-state index contributed by atoms with van der Waals surface area (Å²) in [6, 6.07) is 1.61. The fraction of sp³-hybridized carbons (Fsp3) is 0.565. The van der Waals surface area contributed by atoms with Crippen molar-refractivity contribution >= 4 is 17.3 Å². The molecule has 0 aromatic carbocycles. The smallest absolute Gasteiger partial charge is 0.383 e. The topological polar surface area (TPSA) is 50.7 Å². The predicted octanol–water partition coefficient (Wildman–Crippen LogP) is 4.64. The van der Waals surface area contributed by atoms with Crippen molar-refractivity contribution in [1.82, 2.24) is 9.97 Å². The van der Waals surface area contributed by atoms with Gasteiger partial charge in [0.1, 0.15) is 5.82 Å². The molecule has 0 radical (unpaired) electrons. The van der Waals surface area contributed by atoms with Crippen LogP contribution in [0.25, 0.3) is 5.57 Å². The van der Waals surface area contributed by atoms with Crippen LogP contribution in [-0.4, -0.2) is 69.3 Å². The van der Waals surface area contributed by atoms with E-state index in [4.69, 9.17) is 9.47 Å². The molecule has 1 aliphatic heterocycles. The van der Waals surface area contributed by atoms with E-state index >= 15 is 0 Å². The fourth-order valence-electron chi connectivity index (χ4n) is 3.27. The Balaban J connectivity index is 2.71. The van der Waals surface area contributed by atoms with Gasteiger partial charge in [-0.3, -0.25) is 0 Å². The Morgan fingerprint density at radius 2 is 1.97 bits per heavy atom. The minimum absolute atomic E-state index is 0.0637. The number of alkyl halides is 3. The Morgan fingerprint density at radius 1 is 1.28 bits per heavy atom. The highest BCUT2D eigenvalue weighted by atomic mass is 19.4. The lowest BCUT2D eigenvalue weighted by molar-refractivity contribution is -0.0876. The van der Waals surface area contributed by atoms with Crippen LogP contribution in [0.15, 0.2) is 35.9 Å².